The summed E-state index contributed by atoms with van der Waals surface area (Å²) in [6, 6.07) is 0. The smallest absolute Gasteiger partial charge is 0.0180 e. The zero-order valence-corrected chi connectivity index (χ0v) is 5.85. The maximum atomic E-state index is 6.77. The monoisotopic (exact) mass is 123 g/mol. The van der Waals surface area contributed by atoms with Crippen LogP contribution in [0.2, 0.25) is 0 Å². The number of allylic oxidation sites excluding steroid dienone is 3. The van der Waals surface area contributed by atoms with Gasteiger partial charge in [0.05, 0.1) is 0 Å². The van der Waals surface area contributed by atoms with E-state index in [1.54, 1.807) is 12.2 Å². The van der Waals surface area contributed by atoms with Crippen molar-refractivity contribution < 1.29 is 0 Å². The molecule has 0 aromatic carbocycles. The first-order valence-electron chi connectivity index (χ1n) is 3.17. The highest BCUT2D eigenvalue weighted by atomic mass is 14.3. The molecule has 0 fully saturated rings. The van der Waals surface area contributed by atoms with Crippen molar-refractivity contribution in [3.63, 3.8) is 0 Å². The summed E-state index contributed by atoms with van der Waals surface area (Å²) in [6.07, 6.45) is 7.02. The summed E-state index contributed by atoms with van der Waals surface area (Å²) in [5, 5.41) is 6.77. The molecule has 1 heteroatoms. The second-order valence-corrected chi connectivity index (χ2v) is 1.86. The number of hydrogen-bond donors (Lipinski definition) is 1. The van der Waals surface area contributed by atoms with Gasteiger partial charge in [-0.05, 0) is 18.1 Å². The molecule has 0 aliphatic rings. The third-order valence-electron chi connectivity index (χ3n) is 1.10. The van der Waals surface area contributed by atoms with E-state index in [0.29, 0.717) is 0 Å². The Balaban J connectivity index is 3.80. The Morgan fingerprint density at radius 2 is 2.33 bits per heavy atom. The third-order valence-corrected chi connectivity index (χ3v) is 1.10. The molecule has 1 N–H and O–H groups in total. The van der Waals surface area contributed by atoms with Gasteiger partial charge in [-0.1, -0.05) is 26.0 Å². The lowest BCUT2D eigenvalue weighted by Gasteiger charge is -1.93. The average Bonchev–Trinajstić information content (AvgIpc) is 1.88. The quantitative estimate of drug-likeness (QED) is 0.439. The van der Waals surface area contributed by atoms with Gasteiger partial charge in [-0.25, -0.2) is 0 Å². The number of hydrogen-bond acceptors (Lipinski definition) is 1. The molecule has 0 bridgehead atoms. The van der Waals surface area contributed by atoms with E-state index in [9.17, 15) is 0 Å². The highest BCUT2D eigenvalue weighted by Gasteiger charge is 1.84. The van der Waals surface area contributed by atoms with Crippen LogP contribution in [0, 0.1) is 5.41 Å². The van der Waals surface area contributed by atoms with Gasteiger partial charge >= 0.3 is 0 Å². The van der Waals surface area contributed by atoms with Gasteiger partial charge in [-0.3, -0.25) is 0 Å². The molecule has 0 aromatic rings. The zero-order valence-electron chi connectivity index (χ0n) is 5.85. The molecule has 1 nitrogen and oxygen atoms in total. The topological polar surface area (TPSA) is 23.9 Å². The standard InChI is InChI=1S/C8H13N/c1-3-5-8(4-2)6-7-9/h4,6-7,9H,2-3,5H2,1H3. The fourth-order valence-corrected chi connectivity index (χ4v) is 0.649. The van der Waals surface area contributed by atoms with Crippen molar-refractivity contribution in [2.45, 2.75) is 19.8 Å². The summed E-state index contributed by atoms with van der Waals surface area (Å²) in [7, 11) is 0. The van der Waals surface area contributed by atoms with Crippen LogP contribution in [0.4, 0.5) is 0 Å². The van der Waals surface area contributed by atoms with Crippen LogP contribution in [0.15, 0.2) is 24.3 Å². The Morgan fingerprint density at radius 3 is 2.67 bits per heavy atom. The number of rotatable bonds is 4. The molecule has 0 aromatic heterocycles. The molecule has 0 aliphatic carbocycles. The lowest BCUT2D eigenvalue weighted by Crippen LogP contribution is -1.76. The molecule has 0 atom stereocenters. The molecule has 0 unspecified atom stereocenters. The van der Waals surface area contributed by atoms with Crippen molar-refractivity contribution >= 4 is 6.21 Å². The first-order valence-corrected chi connectivity index (χ1v) is 3.17. The maximum absolute atomic E-state index is 6.77. The molecule has 0 rings (SSSR count). The minimum atomic E-state index is 1.03. The summed E-state index contributed by atoms with van der Waals surface area (Å²) in [5.74, 6) is 0. The molecule has 0 radical (unpaired) electrons. The molecule has 0 spiro atoms. The van der Waals surface area contributed by atoms with E-state index in [1.165, 1.54) is 6.21 Å². The fourth-order valence-electron chi connectivity index (χ4n) is 0.649. The normalized spacial score (nSPS) is 11.0. The van der Waals surface area contributed by atoms with Crippen molar-refractivity contribution in [2.24, 2.45) is 0 Å². The summed E-state index contributed by atoms with van der Waals surface area (Å²) in [4.78, 5) is 0. The minimum Gasteiger partial charge on any atom is -0.309 e. The van der Waals surface area contributed by atoms with Gasteiger partial charge in [0.25, 0.3) is 0 Å². The molecule has 0 aliphatic heterocycles. The van der Waals surface area contributed by atoms with Crippen molar-refractivity contribution in [3.05, 3.63) is 24.3 Å². The van der Waals surface area contributed by atoms with Crippen LogP contribution in [-0.2, 0) is 0 Å². The van der Waals surface area contributed by atoms with Crippen LogP contribution in [-0.4, -0.2) is 6.21 Å². The second kappa shape index (κ2) is 5.29. The van der Waals surface area contributed by atoms with Crippen molar-refractivity contribution in [1.29, 1.82) is 5.41 Å². The average molecular weight is 123 g/mol. The maximum Gasteiger partial charge on any atom is 0.0180 e. The van der Waals surface area contributed by atoms with E-state index in [1.807, 2.05) is 0 Å². The zero-order chi connectivity index (χ0) is 7.11. The molecule has 0 saturated heterocycles. The lowest BCUT2D eigenvalue weighted by atomic mass is 10.1. The van der Waals surface area contributed by atoms with E-state index in [2.05, 4.69) is 13.5 Å². The van der Waals surface area contributed by atoms with Crippen LogP contribution in [0.25, 0.3) is 0 Å². The van der Waals surface area contributed by atoms with Gasteiger partial charge in [-0.15, -0.1) is 0 Å². The largest absolute Gasteiger partial charge is 0.309 e. The van der Waals surface area contributed by atoms with Crippen LogP contribution in [0.1, 0.15) is 19.8 Å². The summed E-state index contributed by atoms with van der Waals surface area (Å²) in [5.41, 5.74) is 1.15. The van der Waals surface area contributed by atoms with E-state index in [4.69, 9.17) is 5.41 Å². The predicted octanol–water partition coefficient (Wildman–Crippen LogP) is 2.55. The summed E-state index contributed by atoms with van der Waals surface area (Å²) in [6.45, 7) is 5.74. The van der Waals surface area contributed by atoms with Gasteiger partial charge in [0.2, 0.25) is 0 Å². The van der Waals surface area contributed by atoms with Crippen molar-refractivity contribution in [2.75, 3.05) is 0 Å². The van der Waals surface area contributed by atoms with Gasteiger partial charge in [0.15, 0.2) is 0 Å². The van der Waals surface area contributed by atoms with E-state index in [0.717, 1.165) is 18.4 Å². The Morgan fingerprint density at radius 1 is 1.67 bits per heavy atom. The van der Waals surface area contributed by atoms with E-state index in [-0.39, 0.29) is 0 Å². The van der Waals surface area contributed by atoms with E-state index < -0.39 is 0 Å². The lowest BCUT2D eigenvalue weighted by molar-refractivity contribution is 0.928. The number of nitrogens with one attached hydrogen (secondary N) is 1. The highest BCUT2D eigenvalue weighted by molar-refractivity contribution is 5.69. The van der Waals surface area contributed by atoms with Crippen LogP contribution in [0.5, 0.6) is 0 Å². The van der Waals surface area contributed by atoms with Crippen LogP contribution >= 0.6 is 0 Å². The van der Waals surface area contributed by atoms with E-state index >= 15 is 0 Å². The molecule has 50 valence electrons. The highest BCUT2D eigenvalue weighted by Crippen LogP contribution is 2.03. The SMILES string of the molecule is C=CC(=CC=N)CCC. The molecular formula is C8H13N. The molecule has 0 amide bonds. The van der Waals surface area contributed by atoms with Crippen molar-refractivity contribution in [3.8, 4) is 0 Å². The molecule has 9 heavy (non-hydrogen) atoms. The molecule has 0 heterocycles. The molecular weight excluding hydrogens is 110 g/mol. The van der Waals surface area contributed by atoms with Crippen molar-refractivity contribution in [1.82, 2.24) is 0 Å². The van der Waals surface area contributed by atoms with Gasteiger partial charge in [0.1, 0.15) is 0 Å². The Bertz CT molecular complexity index is 123. The van der Waals surface area contributed by atoms with Gasteiger partial charge < -0.3 is 5.41 Å². The first-order chi connectivity index (χ1) is 4.35. The first kappa shape index (κ1) is 8.15. The second-order valence-electron chi connectivity index (χ2n) is 1.86. The minimum absolute atomic E-state index is 1.03. The molecule has 0 saturated carbocycles. The fraction of sp³-hybridized carbons (Fsp3) is 0.375. The van der Waals surface area contributed by atoms with Crippen LogP contribution < -0.4 is 0 Å². The van der Waals surface area contributed by atoms with Crippen LogP contribution in [0.3, 0.4) is 0 Å². The van der Waals surface area contributed by atoms with Gasteiger partial charge in [0, 0.05) is 6.21 Å². The summed E-state index contributed by atoms with van der Waals surface area (Å²) < 4.78 is 0. The van der Waals surface area contributed by atoms with Gasteiger partial charge in [-0.2, -0.15) is 0 Å². The Kier molecular flexibility index (Phi) is 4.79. The summed E-state index contributed by atoms with van der Waals surface area (Å²) >= 11 is 0. The third kappa shape index (κ3) is 3.71. The predicted molar refractivity (Wildman–Crippen MR) is 42.0 cm³/mol. The Labute approximate surface area is 56.6 Å². The Hall–Kier alpha value is -0.850.